The van der Waals surface area contributed by atoms with Gasteiger partial charge >= 0.3 is 0 Å². The lowest BCUT2D eigenvalue weighted by Gasteiger charge is -2.00. The highest BCUT2D eigenvalue weighted by Crippen LogP contribution is 2.21. The van der Waals surface area contributed by atoms with Crippen LogP contribution in [0.4, 0.5) is 0 Å². The van der Waals surface area contributed by atoms with Crippen LogP contribution in [0.3, 0.4) is 0 Å². The number of aryl methyl sites for hydroxylation is 8. The SMILES string of the molecule is Cc1cc(-c2cccnc2)ccn1.Cc1cc(-c2ccncc2)ccn1.Cc1ccnc(-c2ccccc2)n1.Cc1ccnc(-c2ccccn2)n1.Cc1ccnc(-c2cccnc2)n1.Cc1ccnc(-c2ccncc2)n1.Cc1nccc(-c2ccccc2)n1.Cc1nccc(-c2ccccn2)n1. The van der Waals surface area contributed by atoms with Crippen molar-refractivity contribution in [3.63, 3.8) is 0 Å². The van der Waals surface area contributed by atoms with Crippen LogP contribution in [0.2, 0.25) is 0 Å². The second kappa shape index (κ2) is 40.9. The molecule has 0 radical (unpaired) electrons. The van der Waals surface area contributed by atoms with E-state index < -0.39 is 0 Å². The van der Waals surface area contributed by atoms with Gasteiger partial charge in [-0.2, -0.15) is 0 Å². The zero-order valence-corrected chi connectivity index (χ0v) is 59.0. The third-order valence-corrected chi connectivity index (χ3v) is 14.3. The molecule has 20 heteroatoms. The fraction of sp³-hybridized carbons (Fsp3) is 0.0952. The summed E-state index contributed by atoms with van der Waals surface area (Å²) in [5.74, 6) is 4.53. The number of hydrogen-bond donors (Lipinski definition) is 0. The average molecular weight is 1370 g/mol. The maximum absolute atomic E-state index is 4.33. The summed E-state index contributed by atoms with van der Waals surface area (Å²) in [6, 6.07) is 66.5. The van der Waals surface area contributed by atoms with Gasteiger partial charge in [0, 0.05) is 174 Å². The average Bonchev–Trinajstić information content (AvgIpc) is 0.967. The minimum absolute atomic E-state index is 0.681. The first-order valence-corrected chi connectivity index (χ1v) is 33.1. The van der Waals surface area contributed by atoms with Gasteiger partial charge in [0.25, 0.3) is 0 Å². The Hall–Kier alpha value is -13.9. The zero-order chi connectivity index (χ0) is 72.8. The van der Waals surface area contributed by atoms with Crippen molar-refractivity contribution in [2.45, 2.75) is 55.4 Å². The van der Waals surface area contributed by atoms with Gasteiger partial charge in [-0.3, -0.25) is 39.9 Å². The van der Waals surface area contributed by atoms with Crippen LogP contribution in [-0.2, 0) is 0 Å². The van der Waals surface area contributed by atoms with Crippen molar-refractivity contribution in [3.8, 4) is 90.6 Å². The molecule has 16 rings (SSSR count). The predicted molar refractivity (Wildman–Crippen MR) is 409 cm³/mol. The van der Waals surface area contributed by atoms with E-state index in [9.17, 15) is 0 Å². The molecule has 0 unspecified atom stereocenters. The standard InChI is InChI=1S/4C11H10N2.4C10H9N3/c1-9-8-11(4-7-13-9)10-2-5-12-6-3-10;1-9-7-10(4-6-13-9)11-3-2-5-12-8-11;1-9-12-8-7-11(13-9)10-5-3-2-4-6-10;1-9-7-8-12-11(13-9)10-5-3-2-4-6-10;1-8-2-7-12-10(13-8)9-3-5-11-6-4-9;1-8-4-6-12-10(13-8)9-3-2-5-11-7-9;1-8-11-7-5-10(13-8)9-4-2-3-6-12-9;1-8-5-7-12-10(13-8)9-4-2-3-6-11-9/h4*2-8H,1H3;4*2-7H,1H3. The van der Waals surface area contributed by atoms with Crippen LogP contribution in [0.1, 0.15) is 45.8 Å². The van der Waals surface area contributed by atoms with E-state index >= 15 is 0 Å². The molecule has 16 aromatic rings. The van der Waals surface area contributed by atoms with Crippen LogP contribution in [0.5, 0.6) is 0 Å². The van der Waals surface area contributed by atoms with Crippen LogP contribution >= 0.6 is 0 Å². The predicted octanol–water partition coefficient (Wildman–Crippen LogP) is 17.2. The van der Waals surface area contributed by atoms with Gasteiger partial charge in [0.1, 0.15) is 17.3 Å². The van der Waals surface area contributed by atoms with Crippen molar-refractivity contribution in [1.29, 1.82) is 0 Å². The lowest BCUT2D eigenvalue weighted by Crippen LogP contribution is -1.91. The van der Waals surface area contributed by atoms with Crippen LogP contribution < -0.4 is 0 Å². The van der Waals surface area contributed by atoms with Gasteiger partial charge in [-0.15, -0.1) is 0 Å². The molecule has 0 atom stereocenters. The summed E-state index contributed by atoms with van der Waals surface area (Å²) < 4.78 is 0. The fourth-order valence-electron chi connectivity index (χ4n) is 9.28. The number of nitrogens with zero attached hydrogens (tertiary/aromatic N) is 20. The summed E-state index contributed by atoms with van der Waals surface area (Å²) in [6.45, 7) is 15.5. The molecular formula is C84H76N20. The van der Waals surface area contributed by atoms with Crippen molar-refractivity contribution in [2.75, 3.05) is 0 Å². The first-order chi connectivity index (χ1) is 50.9. The second-order valence-electron chi connectivity index (χ2n) is 22.6. The van der Waals surface area contributed by atoms with Gasteiger partial charge in [0.15, 0.2) is 23.3 Å². The third kappa shape index (κ3) is 25.4. The van der Waals surface area contributed by atoms with E-state index in [0.29, 0.717) is 5.82 Å². The molecular weight excluding hydrogens is 1290 g/mol. The van der Waals surface area contributed by atoms with Crippen LogP contribution in [-0.4, -0.2) is 99.7 Å². The summed E-state index contributed by atoms with van der Waals surface area (Å²) in [5, 5.41) is 0. The van der Waals surface area contributed by atoms with Gasteiger partial charge in [-0.05, 0) is 199 Å². The number of rotatable bonds is 8. The molecule has 0 spiro atoms. The molecule has 0 amide bonds. The lowest BCUT2D eigenvalue weighted by atomic mass is 10.1. The molecule has 0 fully saturated rings. The molecule has 512 valence electrons. The van der Waals surface area contributed by atoms with Crippen molar-refractivity contribution < 1.29 is 0 Å². The van der Waals surface area contributed by atoms with Crippen molar-refractivity contribution >= 4 is 0 Å². The Morgan fingerprint density at radius 2 is 0.538 bits per heavy atom. The Balaban J connectivity index is 0.000000138. The smallest absolute Gasteiger partial charge is 0.178 e. The number of aromatic nitrogens is 20. The van der Waals surface area contributed by atoms with E-state index in [1.165, 1.54) is 16.7 Å². The van der Waals surface area contributed by atoms with Crippen LogP contribution in [0.15, 0.2) is 318 Å². The summed E-state index contributed by atoms with van der Waals surface area (Å²) in [4.78, 5) is 83.2. The van der Waals surface area contributed by atoms with Crippen LogP contribution in [0, 0.1) is 55.4 Å². The highest BCUT2D eigenvalue weighted by Gasteiger charge is 2.05. The molecule has 20 nitrogen and oxygen atoms in total. The highest BCUT2D eigenvalue weighted by molar-refractivity contribution is 5.64. The first kappa shape index (κ1) is 74.3. The van der Waals surface area contributed by atoms with Gasteiger partial charge in [-0.25, -0.2) is 59.8 Å². The molecule has 0 N–H and O–H groups in total. The Labute approximate surface area is 606 Å². The minimum atomic E-state index is 0.681. The summed E-state index contributed by atoms with van der Waals surface area (Å²) >= 11 is 0. The molecule has 2 aromatic carbocycles. The Morgan fingerprint density at radius 3 is 0.990 bits per heavy atom. The topological polar surface area (TPSA) is 258 Å². The Bertz CT molecular complexity index is 4150. The quantitative estimate of drug-likeness (QED) is 0.137. The largest absolute Gasteiger partial charge is 0.265 e. The molecule has 104 heavy (non-hydrogen) atoms. The number of benzene rings is 2. The Morgan fingerprint density at radius 1 is 0.173 bits per heavy atom. The number of hydrogen-bond acceptors (Lipinski definition) is 20. The van der Waals surface area contributed by atoms with E-state index in [0.717, 1.165) is 114 Å². The molecule has 0 bridgehead atoms. The Kier molecular flexibility index (Phi) is 29.2. The number of pyridine rings is 8. The van der Waals surface area contributed by atoms with Crippen molar-refractivity contribution in [1.82, 2.24) is 99.7 Å². The third-order valence-electron chi connectivity index (χ3n) is 14.3. The van der Waals surface area contributed by atoms with E-state index in [1.54, 1.807) is 93.0 Å². The van der Waals surface area contributed by atoms with E-state index in [1.807, 2.05) is 268 Å². The second-order valence-corrected chi connectivity index (χ2v) is 22.6. The van der Waals surface area contributed by atoms with E-state index in [-0.39, 0.29) is 0 Å². The summed E-state index contributed by atoms with van der Waals surface area (Å²) in [6.07, 6.45) is 31.9. The zero-order valence-electron chi connectivity index (χ0n) is 59.0. The van der Waals surface area contributed by atoms with Crippen molar-refractivity contribution in [3.05, 3.63) is 364 Å². The monoisotopic (exact) mass is 1360 g/mol. The minimum Gasteiger partial charge on any atom is -0.265 e. The molecule has 14 heterocycles. The summed E-state index contributed by atoms with van der Waals surface area (Å²) in [5.41, 5.74) is 18.3. The molecule has 0 aliphatic carbocycles. The fourth-order valence-corrected chi connectivity index (χ4v) is 9.28. The molecule has 0 aliphatic heterocycles. The highest BCUT2D eigenvalue weighted by atomic mass is 14.9. The van der Waals surface area contributed by atoms with Gasteiger partial charge < -0.3 is 0 Å². The lowest BCUT2D eigenvalue weighted by molar-refractivity contribution is 1.05. The maximum atomic E-state index is 4.33. The molecule has 0 aliphatic rings. The van der Waals surface area contributed by atoms with Gasteiger partial charge in [-0.1, -0.05) is 78.9 Å². The molecule has 0 saturated carbocycles. The van der Waals surface area contributed by atoms with E-state index in [4.69, 9.17) is 0 Å². The first-order valence-electron chi connectivity index (χ1n) is 33.1. The van der Waals surface area contributed by atoms with Crippen molar-refractivity contribution in [2.24, 2.45) is 0 Å². The normalized spacial score (nSPS) is 9.92. The molecule has 14 aromatic heterocycles. The van der Waals surface area contributed by atoms with E-state index in [2.05, 4.69) is 112 Å². The van der Waals surface area contributed by atoms with Crippen LogP contribution in [0.25, 0.3) is 90.6 Å². The van der Waals surface area contributed by atoms with Gasteiger partial charge in [0.2, 0.25) is 0 Å². The van der Waals surface area contributed by atoms with Gasteiger partial charge in [0.05, 0.1) is 17.1 Å². The maximum Gasteiger partial charge on any atom is 0.178 e. The summed E-state index contributed by atoms with van der Waals surface area (Å²) in [7, 11) is 0. The molecule has 0 saturated heterocycles.